The lowest BCUT2D eigenvalue weighted by molar-refractivity contribution is 0.102. The molecule has 0 atom stereocenters. The topological polar surface area (TPSA) is 99.1 Å². The van der Waals surface area contributed by atoms with Crippen molar-refractivity contribution in [1.82, 2.24) is 4.72 Å². The number of halogens is 3. The minimum atomic E-state index is -4.19. The summed E-state index contributed by atoms with van der Waals surface area (Å²) in [4.78, 5) is 11.8. The van der Waals surface area contributed by atoms with E-state index in [1.54, 1.807) is 13.8 Å². The first-order valence-electron chi connectivity index (χ1n) is 7.68. The Balaban J connectivity index is 2.32. The average Bonchev–Trinajstić information content (AvgIpc) is 2.57. The lowest BCUT2D eigenvalue weighted by Crippen LogP contribution is -2.33. The molecule has 2 aromatic rings. The zero-order chi connectivity index (χ0) is 20.4. The van der Waals surface area contributed by atoms with E-state index in [2.05, 4.69) is 5.32 Å². The van der Waals surface area contributed by atoms with Crippen LogP contribution in [0.3, 0.4) is 0 Å². The highest BCUT2D eigenvalue weighted by Crippen LogP contribution is 2.19. The normalized spacial score (nSPS) is 11.3. The number of anilines is 1. The number of carbonyl (C=O) groups is 1. The summed E-state index contributed by atoms with van der Waals surface area (Å²) in [6.45, 7) is 3.21. The number of amidine groups is 1. The predicted octanol–water partition coefficient (Wildman–Crippen LogP) is 3.27. The molecule has 0 radical (unpaired) electrons. The van der Waals surface area contributed by atoms with E-state index in [4.69, 9.17) is 5.41 Å². The summed E-state index contributed by atoms with van der Waals surface area (Å²) >= 11 is 0. The smallest absolute Gasteiger partial charge is 0.262 e. The van der Waals surface area contributed by atoms with Crippen molar-refractivity contribution in [2.45, 2.75) is 18.7 Å². The van der Waals surface area contributed by atoms with Crippen molar-refractivity contribution in [2.75, 3.05) is 5.32 Å². The van der Waals surface area contributed by atoms with Crippen LogP contribution in [0.1, 0.15) is 24.2 Å². The summed E-state index contributed by atoms with van der Waals surface area (Å²) in [5.74, 6) is -5.04. The fourth-order valence-corrected chi connectivity index (χ4v) is 3.10. The van der Waals surface area contributed by atoms with E-state index in [9.17, 15) is 26.4 Å². The number of amides is 1. The van der Waals surface area contributed by atoms with Crippen molar-refractivity contribution in [2.24, 2.45) is 5.92 Å². The molecule has 10 heteroatoms. The third-order valence-corrected chi connectivity index (χ3v) is 4.86. The Morgan fingerprint density at radius 2 is 1.63 bits per heavy atom. The van der Waals surface area contributed by atoms with Crippen LogP contribution in [0.2, 0.25) is 0 Å². The Labute approximate surface area is 154 Å². The van der Waals surface area contributed by atoms with Gasteiger partial charge in [-0.3, -0.25) is 14.9 Å². The van der Waals surface area contributed by atoms with E-state index in [1.165, 1.54) is 0 Å². The number of sulfonamides is 1. The molecule has 0 aromatic heterocycles. The fourth-order valence-electron chi connectivity index (χ4n) is 1.94. The van der Waals surface area contributed by atoms with Crippen LogP contribution in [0.15, 0.2) is 41.3 Å². The van der Waals surface area contributed by atoms with Gasteiger partial charge in [0.1, 0.15) is 11.7 Å². The SMILES string of the molecule is CC(C)C(=N)NS(=O)(=O)c1ccc(F)c(C(=O)Nc2ccc(F)c(F)c2)c1. The van der Waals surface area contributed by atoms with Gasteiger partial charge in [-0.2, -0.15) is 0 Å². The quantitative estimate of drug-likeness (QED) is 0.532. The largest absolute Gasteiger partial charge is 0.322 e. The minimum absolute atomic E-state index is 0.133. The molecular weight excluding hydrogens is 383 g/mol. The van der Waals surface area contributed by atoms with Crippen LogP contribution in [0, 0.1) is 28.8 Å². The van der Waals surface area contributed by atoms with E-state index in [0.29, 0.717) is 6.07 Å². The van der Waals surface area contributed by atoms with Crippen molar-refractivity contribution in [3.8, 4) is 0 Å². The molecule has 0 fully saturated rings. The van der Waals surface area contributed by atoms with Gasteiger partial charge in [0, 0.05) is 17.7 Å². The standard InChI is InChI=1S/C17H16F3N3O3S/c1-9(2)16(21)23-27(25,26)11-4-6-13(18)12(8-11)17(24)22-10-3-5-14(19)15(20)7-10/h3-9H,1-2H3,(H2,21,23)(H,22,24). The fraction of sp³-hybridized carbons (Fsp3) is 0.176. The number of rotatable bonds is 5. The van der Waals surface area contributed by atoms with Crippen molar-refractivity contribution in [1.29, 1.82) is 5.41 Å². The van der Waals surface area contributed by atoms with Gasteiger partial charge < -0.3 is 5.32 Å². The van der Waals surface area contributed by atoms with Gasteiger partial charge in [0.25, 0.3) is 15.9 Å². The first kappa shape index (κ1) is 20.4. The summed E-state index contributed by atoms with van der Waals surface area (Å²) in [5, 5.41) is 9.77. The lowest BCUT2D eigenvalue weighted by Gasteiger charge is -2.13. The zero-order valence-corrected chi connectivity index (χ0v) is 15.1. The van der Waals surface area contributed by atoms with Crippen molar-refractivity contribution >= 4 is 27.5 Å². The molecule has 27 heavy (non-hydrogen) atoms. The van der Waals surface area contributed by atoms with Gasteiger partial charge in [0.15, 0.2) is 11.6 Å². The van der Waals surface area contributed by atoms with Gasteiger partial charge in [-0.25, -0.2) is 21.6 Å². The van der Waals surface area contributed by atoms with Gasteiger partial charge in [-0.1, -0.05) is 13.8 Å². The number of nitrogens with one attached hydrogen (secondary N) is 3. The number of benzene rings is 2. The zero-order valence-electron chi connectivity index (χ0n) is 14.3. The molecule has 2 aromatic carbocycles. The molecule has 0 unspecified atom stereocenters. The molecule has 1 amide bonds. The highest BCUT2D eigenvalue weighted by Gasteiger charge is 2.21. The van der Waals surface area contributed by atoms with Crippen LogP contribution in [0.25, 0.3) is 0 Å². The van der Waals surface area contributed by atoms with E-state index in [0.717, 1.165) is 30.3 Å². The lowest BCUT2D eigenvalue weighted by atomic mass is 10.2. The van der Waals surface area contributed by atoms with Crippen LogP contribution < -0.4 is 10.0 Å². The molecule has 0 aliphatic carbocycles. The molecule has 0 aliphatic rings. The van der Waals surface area contributed by atoms with Crippen LogP contribution in [0.4, 0.5) is 18.9 Å². The Kier molecular flexibility index (Phi) is 5.89. The molecule has 3 N–H and O–H groups in total. The first-order chi connectivity index (χ1) is 12.5. The first-order valence-corrected chi connectivity index (χ1v) is 9.17. The summed E-state index contributed by atoms with van der Waals surface area (Å²) in [6.07, 6.45) is 0. The summed E-state index contributed by atoms with van der Waals surface area (Å²) in [5.41, 5.74) is -0.745. The van der Waals surface area contributed by atoms with E-state index in [-0.39, 0.29) is 11.5 Å². The Morgan fingerprint density at radius 3 is 2.22 bits per heavy atom. The number of hydrogen-bond acceptors (Lipinski definition) is 4. The molecule has 0 spiro atoms. The van der Waals surface area contributed by atoms with Crippen LogP contribution >= 0.6 is 0 Å². The third kappa shape index (κ3) is 4.85. The molecule has 144 valence electrons. The van der Waals surface area contributed by atoms with Gasteiger partial charge in [0.2, 0.25) is 0 Å². The Bertz CT molecular complexity index is 1010. The van der Waals surface area contributed by atoms with Gasteiger partial charge in [-0.15, -0.1) is 0 Å². The monoisotopic (exact) mass is 399 g/mol. The summed E-state index contributed by atoms with van der Waals surface area (Å²) < 4.78 is 66.7. The minimum Gasteiger partial charge on any atom is -0.322 e. The molecule has 0 heterocycles. The van der Waals surface area contributed by atoms with E-state index >= 15 is 0 Å². The second-order valence-electron chi connectivity index (χ2n) is 5.90. The van der Waals surface area contributed by atoms with Gasteiger partial charge >= 0.3 is 0 Å². The van der Waals surface area contributed by atoms with E-state index in [1.807, 2.05) is 4.72 Å². The number of carbonyl (C=O) groups excluding carboxylic acids is 1. The highest BCUT2D eigenvalue weighted by molar-refractivity contribution is 7.90. The molecule has 2 rings (SSSR count). The Hall–Kier alpha value is -2.88. The van der Waals surface area contributed by atoms with Crippen molar-refractivity contribution in [3.63, 3.8) is 0 Å². The summed E-state index contributed by atoms with van der Waals surface area (Å²) in [6, 6.07) is 5.08. The summed E-state index contributed by atoms with van der Waals surface area (Å²) in [7, 11) is -4.19. The maximum Gasteiger partial charge on any atom is 0.262 e. The molecule has 0 aliphatic heterocycles. The average molecular weight is 399 g/mol. The predicted molar refractivity (Wildman–Crippen MR) is 93.6 cm³/mol. The maximum absolute atomic E-state index is 14.0. The van der Waals surface area contributed by atoms with Crippen LogP contribution in [-0.2, 0) is 10.0 Å². The van der Waals surface area contributed by atoms with Crippen LogP contribution in [0.5, 0.6) is 0 Å². The number of hydrogen-bond donors (Lipinski definition) is 3. The molecule has 0 saturated carbocycles. The van der Waals surface area contributed by atoms with E-state index < -0.39 is 49.8 Å². The molecule has 0 saturated heterocycles. The maximum atomic E-state index is 14.0. The molecule has 6 nitrogen and oxygen atoms in total. The third-order valence-electron chi connectivity index (χ3n) is 3.49. The second kappa shape index (κ2) is 7.78. The second-order valence-corrected chi connectivity index (χ2v) is 7.58. The van der Waals surface area contributed by atoms with Gasteiger partial charge in [0.05, 0.1) is 10.5 Å². The molecule has 0 bridgehead atoms. The van der Waals surface area contributed by atoms with Crippen molar-refractivity contribution in [3.05, 3.63) is 59.4 Å². The Morgan fingerprint density at radius 1 is 1.00 bits per heavy atom. The van der Waals surface area contributed by atoms with Gasteiger partial charge in [-0.05, 0) is 30.3 Å². The molecular formula is C17H16F3N3O3S. The van der Waals surface area contributed by atoms with Crippen LogP contribution in [-0.4, -0.2) is 20.2 Å². The van der Waals surface area contributed by atoms with Crippen molar-refractivity contribution < 1.29 is 26.4 Å². The highest BCUT2D eigenvalue weighted by atomic mass is 32.2.